The number of carboxylic acids is 1. The maximum absolute atomic E-state index is 12.3. The van der Waals surface area contributed by atoms with Crippen molar-refractivity contribution in [3.8, 4) is 5.75 Å². The van der Waals surface area contributed by atoms with Crippen LogP contribution in [0, 0.1) is 6.92 Å². The van der Waals surface area contributed by atoms with Gasteiger partial charge in [0.1, 0.15) is 17.4 Å². The largest absolute Gasteiger partial charge is 0.508 e. The summed E-state index contributed by atoms with van der Waals surface area (Å²) in [6.07, 6.45) is 0.241. The van der Waals surface area contributed by atoms with Crippen molar-refractivity contribution in [2.45, 2.75) is 32.2 Å². The van der Waals surface area contributed by atoms with Crippen molar-refractivity contribution in [1.82, 2.24) is 5.32 Å². The Morgan fingerprint density at radius 2 is 1.86 bits per heavy atom. The van der Waals surface area contributed by atoms with Gasteiger partial charge in [-0.25, -0.2) is 9.59 Å². The Morgan fingerprint density at radius 3 is 2.55 bits per heavy atom. The van der Waals surface area contributed by atoms with Crippen molar-refractivity contribution < 1.29 is 24.2 Å². The van der Waals surface area contributed by atoms with Crippen molar-refractivity contribution in [2.24, 2.45) is 0 Å². The van der Waals surface area contributed by atoms with Gasteiger partial charge in [-0.3, -0.25) is 4.79 Å². The second kappa shape index (κ2) is 8.60. The number of hydrogen-bond donors (Lipinski definition) is 3. The maximum atomic E-state index is 12.3. The summed E-state index contributed by atoms with van der Waals surface area (Å²) in [5.41, 5.74) is 1.52. The molecule has 7 heteroatoms. The standard InChI is InChI=1S/C22H21NO6/c1-13-16-8-7-15(24)12-19(16)29-22(28)17(13)9-10-20(25)23-18(21(26)27)11-14-5-3-2-4-6-14/h2-8,12,18,24H,9-11H2,1H3,(H,23,25)(H,26,27). The number of carbonyl (C=O) groups is 2. The molecule has 0 radical (unpaired) electrons. The van der Waals surface area contributed by atoms with Gasteiger partial charge in [-0.1, -0.05) is 30.3 Å². The fourth-order valence-corrected chi connectivity index (χ4v) is 3.23. The SMILES string of the molecule is Cc1c(CCC(=O)NC(Cc2ccccc2)C(=O)O)c(=O)oc2cc(O)ccc12. The number of phenols is 1. The minimum absolute atomic E-state index is 0.00898. The fraction of sp³-hybridized carbons (Fsp3) is 0.227. The first-order valence-corrected chi connectivity index (χ1v) is 9.16. The normalized spacial score (nSPS) is 11.9. The zero-order valence-corrected chi connectivity index (χ0v) is 15.8. The molecule has 3 rings (SSSR count). The summed E-state index contributed by atoms with van der Waals surface area (Å²) in [7, 11) is 0. The molecular weight excluding hydrogens is 374 g/mol. The number of aromatic hydroxyl groups is 1. The number of rotatable bonds is 7. The number of nitrogens with one attached hydrogen (secondary N) is 1. The summed E-state index contributed by atoms with van der Waals surface area (Å²) in [6, 6.07) is 12.5. The highest BCUT2D eigenvalue weighted by atomic mass is 16.4. The van der Waals surface area contributed by atoms with Crippen LogP contribution in [-0.4, -0.2) is 28.1 Å². The van der Waals surface area contributed by atoms with Gasteiger partial charge in [-0.05, 0) is 36.6 Å². The Morgan fingerprint density at radius 1 is 1.14 bits per heavy atom. The van der Waals surface area contributed by atoms with Crippen LogP contribution < -0.4 is 10.9 Å². The smallest absolute Gasteiger partial charge is 0.339 e. The number of amides is 1. The molecule has 0 spiro atoms. The average molecular weight is 395 g/mol. The topological polar surface area (TPSA) is 117 Å². The van der Waals surface area contributed by atoms with E-state index in [1.54, 1.807) is 37.3 Å². The first kappa shape index (κ1) is 20.1. The van der Waals surface area contributed by atoms with Gasteiger partial charge in [0.25, 0.3) is 0 Å². The van der Waals surface area contributed by atoms with E-state index in [9.17, 15) is 24.6 Å². The number of benzene rings is 2. The van der Waals surface area contributed by atoms with Crippen molar-refractivity contribution in [1.29, 1.82) is 0 Å². The van der Waals surface area contributed by atoms with Crippen molar-refractivity contribution >= 4 is 22.8 Å². The van der Waals surface area contributed by atoms with E-state index in [0.29, 0.717) is 16.5 Å². The van der Waals surface area contributed by atoms with Gasteiger partial charge in [-0.15, -0.1) is 0 Å². The lowest BCUT2D eigenvalue weighted by Crippen LogP contribution is -2.42. The van der Waals surface area contributed by atoms with Gasteiger partial charge in [-0.2, -0.15) is 0 Å². The van der Waals surface area contributed by atoms with E-state index < -0.39 is 23.5 Å². The van der Waals surface area contributed by atoms with Crippen LogP contribution in [0.2, 0.25) is 0 Å². The molecule has 7 nitrogen and oxygen atoms in total. The highest BCUT2D eigenvalue weighted by Crippen LogP contribution is 2.23. The second-order valence-electron chi connectivity index (χ2n) is 6.82. The summed E-state index contributed by atoms with van der Waals surface area (Å²) < 4.78 is 5.24. The molecule has 3 N–H and O–H groups in total. The Bertz CT molecular complexity index is 1100. The predicted octanol–water partition coefficient (Wildman–Crippen LogP) is 2.55. The molecule has 0 saturated carbocycles. The summed E-state index contributed by atoms with van der Waals surface area (Å²) in [5, 5.41) is 22.1. The Labute approximate surface area is 166 Å². The minimum atomic E-state index is -1.12. The van der Waals surface area contributed by atoms with E-state index in [1.807, 2.05) is 6.07 Å². The number of carboxylic acid groups (broad SMARTS) is 1. The van der Waals surface area contributed by atoms with E-state index >= 15 is 0 Å². The van der Waals surface area contributed by atoms with Gasteiger partial charge < -0.3 is 19.9 Å². The molecule has 0 saturated heterocycles. The monoisotopic (exact) mass is 395 g/mol. The molecule has 0 fully saturated rings. The number of fused-ring (bicyclic) bond motifs is 1. The number of hydrogen-bond acceptors (Lipinski definition) is 5. The van der Waals surface area contributed by atoms with Crippen molar-refractivity contribution in [2.75, 3.05) is 0 Å². The number of phenolic OH excluding ortho intramolecular Hbond substituents is 1. The lowest BCUT2D eigenvalue weighted by Gasteiger charge is -2.15. The average Bonchev–Trinajstić information content (AvgIpc) is 2.67. The van der Waals surface area contributed by atoms with E-state index in [0.717, 1.165) is 5.56 Å². The fourth-order valence-electron chi connectivity index (χ4n) is 3.23. The molecular formula is C22H21NO6. The lowest BCUT2D eigenvalue weighted by atomic mass is 10.0. The quantitative estimate of drug-likeness (QED) is 0.530. The molecule has 1 aromatic heterocycles. The molecule has 1 unspecified atom stereocenters. The first-order valence-electron chi connectivity index (χ1n) is 9.16. The summed E-state index contributed by atoms with van der Waals surface area (Å²) in [4.78, 5) is 36.1. The van der Waals surface area contributed by atoms with E-state index in [1.165, 1.54) is 12.1 Å². The molecule has 0 bridgehead atoms. The zero-order chi connectivity index (χ0) is 21.0. The first-order chi connectivity index (χ1) is 13.8. The number of aliphatic carboxylic acids is 1. The van der Waals surface area contributed by atoms with Crippen LogP contribution in [0.15, 0.2) is 57.7 Å². The molecule has 0 aliphatic rings. The molecule has 1 heterocycles. The predicted molar refractivity (Wildman–Crippen MR) is 107 cm³/mol. The molecule has 1 atom stereocenters. The lowest BCUT2D eigenvalue weighted by molar-refractivity contribution is -0.141. The van der Waals surface area contributed by atoms with Crippen molar-refractivity contribution in [3.05, 3.63) is 75.6 Å². The highest BCUT2D eigenvalue weighted by molar-refractivity contribution is 5.85. The molecule has 150 valence electrons. The Kier molecular flexibility index (Phi) is 5.97. The molecule has 1 amide bonds. The van der Waals surface area contributed by atoms with Crippen LogP contribution in [0.4, 0.5) is 0 Å². The number of carbonyl (C=O) groups excluding carboxylic acids is 1. The third-order valence-corrected chi connectivity index (χ3v) is 4.79. The molecule has 2 aromatic carbocycles. The highest BCUT2D eigenvalue weighted by Gasteiger charge is 2.21. The minimum Gasteiger partial charge on any atom is -0.508 e. The van der Waals surface area contributed by atoms with Crippen LogP contribution in [-0.2, 0) is 22.4 Å². The summed E-state index contributed by atoms with van der Waals surface area (Å²) >= 11 is 0. The third-order valence-electron chi connectivity index (χ3n) is 4.79. The van der Waals surface area contributed by atoms with E-state index in [2.05, 4.69) is 5.32 Å². The third kappa shape index (κ3) is 4.82. The van der Waals surface area contributed by atoms with Crippen LogP contribution in [0.3, 0.4) is 0 Å². The molecule has 29 heavy (non-hydrogen) atoms. The molecule has 0 aliphatic heterocycles. The molecule has 3 aromatic rings. The van der Waals surface area contributed by atoms with E-state index in [-0.39, 0.29) is 30.6 Å². The Hall–Kier alpha value is -3.61. The van der Waals surface area contributed by atoms with Gasteiger partial charge in [0.05, 0.1) is 0 Å². The second-order valence-corrected chi connectivity index (χ2v) is 6.82. The summed E-state index contributed by atoms with van der Waals surface area (Å²) in [6.45, 7) is 1.75. The van der Waals surface area contributed by atoms with Crippen LogP contribution in [0.1, 0.15) is 23.1 Å². The van der Waals surface area contributed by atoms with Gasteiger partial charge >= 0.3 is 11.6 Å². The van der Waals surface area contributed by atoms with Gasteiger partial charge in [0.15, 0.2) is 0 Å². The number of aryl methyl sites for hydroxylation is 1. The molecule has 0 aliphatic carbocycles. The maximum Gasteiger partial charge on any atom is 0.339 e. The summed E-state index contributed by atoms with van der Waals surface area (Å²) in [5.74, 6) is -1.59. The van der Waals surface area contributed by atoms with Gasteiger partial charge in [0, 0.05) is 29.9 Å². The van der Waals surface area contributed by atoms with Crippen LogP contribution in [0.25, 0.3) is 11.0 Å². The van der Waals surface area contributed by atoms with Crippen molar-refractivity contribution in [3.63, 3.8) is 0 Å². The zero-order valence-electron chi connectivity index (χ0n) is 15.8. The van der Waals surface area contributed by atoms with E-state index in [4.69, 9.17) is 4.42 Å². The van der Waals surface area contributed by atoms with Gasteiger partial charge in [0.2, 0.25) is 5.91 Å². The van der Waals surface area contributed by atoms with Crippen LogP contribution in [0.5, 0.6) is 5.75 Å². The van der Waals surface area contributed by atoms with Crippen LogP contribution >= 0.6 is 0 Å². The Balaban J connectivity index is 1.70.